The van der Waals surface area contributed by atoms with Gasteiger partial charge in [0.25, 0.3) is 5.91 Å². The molecule has 2 N–H and O–H groups in total. The molecule has 0 aliphatic heterocycles. The summed E-state index contributed by atoms with van der Waals surface area (Å²) in [5, 5.41) is 6.54. The average molecular weight is 332 g/mol. The maximum absolute atomic E-state index is 12.0. The standard InChI is InChI=1S/C17H18ClN3O2/c1-4-5-20-17(22)12-7-13(10-19-9-12)21-15-6-11(2)14(18)8-16(15)23-3/h4,6-10,21H,1,5H2,2-3H3,(H,20,22). The van der Waals surface area contributed by atoms with Gasteiger partial charge < -0.3 is 15.4 Å². The summed E-state index contributed by atoms with van der Waals surface area (Å²) < 4.78 is 5.33. The number of benzene rings is 1. The van der Waals surface area contributed by atoms with Crippen LogP contribution in [-0.2, 0) is 0 Å². The summed E-state index contributed by atoms with van der Waals surface area (Å²) >= 11 is 6.10. The van der Waals surface area contributed by atoms with Gasteiger partial charge in [0.15, 0.2) is 0 Å². The summed E-state index contributed by atoms with van der Waals surface area (Å²) in [6.45, 7) is 5.88. The zero-order chi connectivity index (χ0) is 16.8. The second-order valence-electron chi connectivity index (χ2n) is 4.89. The van der Waals surface area contributed by atoms with Gasteiger partial charge in [-0.3, -0.25) is 9.78 Å². The van der Waals surface area contributed by atoms with E-state index < -0.39 is 0 Å². The number of hydrogen-bond donors (Lipinski definition) is 2. The highest BCUT2D eigenvalue weighted by atomic mass is 35.5. The van der Waals surface area contributed by atoms with Crippen LogP contribution >= 0.6 is 11.6 Å². The number of aryl methyl sites for hydroxylation is 1. The second-order valence-corrected chi connectivity index (χ2v) is 5.29. The summed E-state index contributed by atoms with van der Waals surface area (Å²) in [6.07, 6.45) is 4.76. The molecule has 23 heavy (non-hydrogen) atoms. The van der Waals surface area contributed by atoms with Gasteiger partial charge in [0.2, 0.25) is 0 Å². The molecule has 0 saturated carbocycles. The minimum Gasteiger partial charge on any atom is -0.495 e. The van der Waals surface area contributed by atoms with Crippen LogP contribution in [0.15, 0.2) is 43.2 Å². The lowest BCUT2D eigenvalue weighted by Gasteiger charge is -2.13. The number of hydrogen-bond acceptors (Lipinski definition) is 4. The molecule has 120 valence electrons. The Morgan fingerprint density at radius 2 is 2.17 bits per heavy atom. The summed E-state index contributed by atoms with van der Waals surface area (Å²) in [5.41, 5.74) is 2.81. The molecule has 0 fully saturated rings. The first-order valence-corrected chi connectivity index (χ1v) is 7.38. The number of amides is 1. The van der Waals surface area contributed by atoms with E-state index in [0.717, 1.165) is 11.3 Å². The van der Waals surface area contributed by atoms with Crippen molar-refractivity contribution >= 4 is 28.9 Å². The van der Waals surface area contributed by atoms with E-state index in [4.69, 9.17) is 16.3 Å². The van der Waals surface area contributed by atoms with Crippen LogP contribution in [0.2, 0.25) is 5.02 Å². The molecule has 2 rings (SSSR count). The van der Waals surface area contributed by atoms with Crippen LogP contribution in [0.1, 0.15) is 15.9 Å². The van der Waals surface area contributed by atoms with Crippen LogP contribution in [0, 0.1) is 6.92 Å². The quantitative estimate of drug-likeness (QED) is 0.792. The number of carbonyl (C=O) groups excluding carboxylic acids is 1. The van der Waals surface area contributed by atoms with Crippen LogP contribution in [0.25, 0.3) is 0 Å². The fourth-order valence-electron chi connectivity index (χ4n) is 1.98. The zero-order valence-corrected chi connectivity index (χ0v) is 13.8. The van der Waals surface area contributed by atoms with Crippen molar-refractivity contribution in [2.24, 2.45) is 0 Å². The smallest absolute Gasteiger partial charge is 0.253 e. The lowest BCUT2D eigenvalue weighted by Crippen LogP contribution is -2.23. The summed E-state index contributed by atoms with van der Waals surface area (Å²) in [4.78, 5) is 16.1. The van der Waals surface area contributed by atoms with Crippen molar-refractivity contribution in [1.29, 1.82) is 0 Å². The number of rotatable bonds is 6. The van der Waals surface area contributed by atoms with Gasteiger partial charge in [0.1, 0.15) is 5.75 Å². The zero-order valence-electron chi connectivity index (χ0n) is 13.0. The molecule has 6 heteroatoms. The third kappa shape index (κ3) is 4.23. The molecule has 0 atom stereocenters. The Labute approximate surface area is 140 Å². The van der Waals surface area contributed by atoms with Gasteiger partial charge in [0, 0.05) is 23.8 Å². The van der Waals surface area contributed by atoms with E-state index in [9.17, 15) is 4.79 Å². The fourth-order valence-corrected chi connectivity index (χ4v) is 2.14. The van der Waals surface area contributed by atoms with Gasteiger partial charge in [-0.15, -0.1) is 6.58 Å². The Kier molecular flexibility index (Phi) is 5.60. The van der Waals surface area contributed by atoms with Gasteiger partial charge in [-0.05, 0) is 24.6 Å². The third-order valence-electron chi connectivity index (χ3n) is 3.17. The predicted molar refractivity (Wildman–Crippen MR) is 92.8 cm³/mol. The molecule has 1 heterocycles. The summed E-state index contributed by atoms with van der Waals surface area (Å²) in [6, 6.07) is 5.34. The maximum Gasteiger partial charge on any atom is 0.253 e. The molecule has 0 aliphatic carbocycles. The van der Waals surface area contributed by atoms with Gasteiger partial charge in [0.05, 0.1) is 30.2 Å². The molecule has 0 bridgehead atoms. The van der Waals surface area contributed by atoms with Crippen molar-refractivity contribution in [3.63, 3.8) is 0 Å². The average Bonchev–Trinajstić information content (AvgIpc) is 2.56. The molecular formula is C17H18ClN3O2. The largest absolute Gasteiger partial charge is 0.495 e. The summed E-state index contributed by atoms with van der Waals surface area (Å²) in [5.74, 6) is 0.405. The molecule has 0 aliphatic rings. The predicted octanol–water partition coefficient (Wildman–Crippen LogP) is 3.71. The first kappa shape index (κ1) is 16.8. The molecule has 5 nitrogen and oxygen atoms in total. The van der Waals surface area contributed by atoms with Crippen LogP contribution in [0.5, 0.6) is 5.75 Å². The van der Waals surface area contributed by atoms with Crippen molar-refractivity contribution in [3.05, 3.63) is 59.4 Å². The Morgan fingerprint density at radius 1 is 1.39 bits per heavy atom. The van der Waals surface area contributed by atoms with E-state index in [1.807, 2.05) is 13.0 Å². The number of aromatic nitrogens is 1. The summed E-state index contributed by atoms with van der Waals surface area (Å²) in [7, 11) is 1.57. The van der Waals surface area contributed by atoms with Gasteiger partial charge >= 0.3 is 0 Å². The van der Waals surface area contributed by atoms with Crippen LogP contribution in [-0.4, -0.2) is 24.5 Å². The van der Waals surface area contributed by atoms with E-state index >= 15 is 0 Å². The Morgan fingerprint density at radius 3 is 2.87 bits per heavy atom. The normalized spacial score (nSPS) is 10.0. The van der Waals surface area contributed by atoms with Gasteiger partial charge in [-0.25, -0.2) is 0 Å². The monoisotopic (exact) mass is 331 g/mol. The molecule has 0 saturated heterocycles. The van der Waals surface area contributed by atoms with E-state index in [0.29, 0.717) is 28.6 Å². The molecule has 1 aromatic carbocycles. The molecule has 0 radical (unpaired) electrons. The number of anilines is 2. The highest BCUT2D eigenvalue weighted by Gasteiger charge is 2.10. The van der Waals surface area contributed by atoms with Gasteiger partial charge in [-0.2, -0.15) is 0 Å². The van der Waals surface area contributed by atoms with E-state index in [-0.39, 0.29) is 5.91 Å². The maximum atomic E-state index is 12.0. The van der Waals surface area contributed by atoms with Crippen molar-refractivity contribution < 1.29 is 9.53 Å². The lowest BCUT2D eigenvalue weighted by molar-refractivity contribution is 0.0957. The van der Waals surface area contributed by atoms with E-state index in [1.165, 1.54) is 6.20 Å². The fraction of sp³-hybridized carbons (Fsp3) is 0.176. The molecular weight excluding hydrogens is 314 g/mol. The van der Waals surface area contributed by atoms with Crippen LogP contribution in [0.4, 0.5) is 11.4 Å². The highest BCUT2D eigenvalue weighted by molar-refractivity contribution is 6.31. The van der Waals surface area contributed by atoms with E-state index in [2.05, 4.69) is 22.2 Å². The topological polar surface area (TPSA) is 63.2 Å². The molecule has 0 spiro atoms. The van der Waals surface area contributed by atoms with Crippen molar-refractivity contribution in [2.45, 2.75) is 6.92 Å². The minimum absolute atomic E-state index is 0.208. The SMILES string of the molecule is C=CCNC(=O)c1cncc(Nc2cc(C)c(Cl)cc2OC)c1. The van der Waals surface area contributed by atoms with Crippen LogP contribution in [0.3, 0.4) is 0 Å². The number of methoxy groups -OCH3 is 1. The number of nitrogens with one attached hydrogen (secondary N) is 2. The first-order valence-electron chi connectivity index (χ1n) is 7.00. The molecule has 1 aromatic heterocycles. The molecule has 2 aromatic rings. The Hall–Kier alpha value is -2.53. The number of nitrogens with zero attached hydrogens (tertiary/aromatic N) is 1. The Balaban J connectivity index is 2.25. The van der Waals surface area contributed by atoms with Crippen LogP contribution < -0.4 is 15.4 Å². The molecule has 0 unspecified atom stereocenters. The number of halogens is 1. The Bertz CT molecular complexity index is 732. The number of ether oxygens (including phenoxy) is 1. The number of carbonyl (C=O) groups is 1. The van der Waals surface area contributed by atoms with Crippen molar-refractivity contribution in [3.8, 4) is 5.75 Å². The minimum atomic E-state index is -0.208. The van der Waals surface area contributed by atoms with Crippen molar-refractivity contribution in [1.82, 2.24) is 10.3 Å². The second kappa shape index (κ2) is 7.65. The highest BCUT2D eigenvalue weighted by Crippen LogP contribution is 2.33. The van der Waals surface area contributed by atoms with Crippen molar-refractivity contribution in [2.75, 3.05) is 19.0 Å². The molecule has 1 amide bonds. The third-order valence-corrected chi connectivity index (χ3v) is 3.57. The number of pyridine rings is 1. The van der Waals surface area contributed by atoms with Gasteiger partial charge in [-0.1, -0.05) is 17.7 Å². The lowest BCUT2D eigenvalue weighted by atomic mass is 10.2. The first-order chi connectivity index (χ1) is 11.0. The van der Waals surface area contributed by atoms with E-state index in [1.54, 1.807) is 31.5 Å².